The zero-order valence-electron chi connectivity index (χ0n) is 12.4. The number of rotatable bonds is 5. The van der Waals surface area contributed by atoms with Gasteiger partial charge in [0.2, 0.25) is 0 Å². The standard InChI is InChI=1S/C20H18OSi/c21-16-17-22(18-10-4-1-5-11-18,19-12-6-2-7-13-19)20-14-8-3-9-15-20/h1-16H,17H2. The summed E-state index contributed by atoms with van der Waals surface area (Å²) in [6.07, 6.45) is 1.08. The van der Waals surface area contributed by atoms with Gasteiger partial charge in [0, 0.05) is 6.04 Å². The molecule has 0 unspecified atom stereocenters. The predicted molar refractivity (Wildman–Crippen MR) is 94.9 cm³/mol. The van der Waals surface area contributed by atoms with E-state index < -0.39 is 8.07 Å². The van der Waals surface area contributed by atoms with Gasteiger partial charge in [0.1, 0.15) is 6.29 Å². The SMILES string of the molecule is O=CC[Si](c1ccccc1)(c1ccccc1)c1ccccc1. The van der Waals surface area contributed by atoms with E-state index in [1.807, 2.05) is 18.2 Å². The molecule has 1 nitrogen and oxygen atoms in total. The molecule has 0 aliphatic carbocycles. The van der Waals surface area contributed by atoms with Crippen LogP contribution >= 0.6 is 0 Å². The number of carbonyl (C=O) groups excluding carboxylic acids is 1. The number of aldehydes is 1. The molecule has 0 amide bonds. The molecule has 108 valence electrons. The van der Waals surface area contributed by atoms with Gasteiger partial charge in [-0.25, -0.2) is 0 Å². The van der Waals surface area contributed by atoms with Crippen LogP contribution in [0.3, 0.4) is 0 Å². The van der Waals surface area contributed by atoms with Crippen molar-refractivity contribution in [2.45, 2.75) is 6.04 Å². The van der Waals surface area contributed by atoms with Gasteiger partial charge in [-0.05, 0) is 15.6 Å². The summed E-state index contributed by atoms with van der Waals surface area (Å²) in [5.41, 5.74) is 0. The number of benzene rings is 3. The first-order valence-electron chi connectivity index (χ1n) is 7.48. The van der Waals surface area contributed by atoms with E-state index in [4.69, 9.17) is 0 Å². The van der Waals surface area contributed by atoms with Crippen LogP contribution in [-0.4, -0.2) is 14.4 Å². The predicted octanol–water partition coefficient (Wildman–Crippen LogP) is 2.36. The van der Waals surface area contributed by atoms with E-state index in [1.54, 1.807) is 0 Å². The van der Waals surface area contributed by atoms with E-state index in [0.29, 0.717) is 6.04 Å². The second-order valence-corrected chi connectivity index (χ2v) is 9.33. The average molecular weight is 302 g/mol. The van der Waals surface area contributed by atoms with Crippen LogP contribution in [0.5, 0.6) is 0 Å². The lowest BCUT2D eigenvalue weighted by Crippen LogP contribution is -2.67. The molecule has 0 saturated heterocycles. The fraction of sp³-hybridized carbons (Fsp3) is 0.0500. The van der Waals surface area contributed by atoms with E-state index in [2.05, 4.69) is 72.8 Å². The fourth-order valence-electron chi connectivity index (χ4n) is 3.15. The highest BCUT2D eigenvalue weighted by atomic mass is 28.3. The van der Waals surface area contributed by atoms with Crippen LogP contribution in [0.25, 0.3) is 0 Å². The maximum atomic E-state index is 11.6. The van der Waals surface area contributed by atoms with Crippen molar-refractivity contribution in [3.8, 4) is 0 Å². The highest BCUT2D eigenvalue weighted by molar-refractivity contribution is 7.12. The Kier molecular flexibility index (Phi) is 4.31. The van der Waals surface area contributed by atoms with Crippen LogP contribution < -0.4 is 15.6 Å². The lowest BCUT2D eigenvalue weighted by Gasteiger charge is -2.32. The smallest absolute Gasteiger partial charge is 0.155 e. The Morgan fingerprint density at radius 3 is 1.18 bits per heavy atom. The molecule has 0 radical (unpaired) electrons. The Balaban J connectivity index is 2.31. The lowest BCUT2D eigenvalue weighted by atomic mass is 10.3. The minimum Gasteiger partial charge on any atom is -0.304 e. The minimum absolute atomic E-state index is 0.561. The molecular formula is C20H18OSi. The highest BCUT2D eigenvalue weighted by Gasteiger charge is 2.38. The zero-order chi connectivity index (χ0) is 15.3. The normalized spacial score (nSPS) is 11.1. The molecule has 2 heteroatoms. The Morgan fingerprint density at radius 1 is 0.591 bits per heavy atom. The van der Waals surface area contributed by atoms with Crippen LogP contribution in [0.1, 0.15) is 0 Å². The molecule has 0 bridgehead atoms. The molecular weight excluding hydrogens is 284 g/mol. The fourth-order valence-corrected chi connectivity index (χ4v) is 7.39. The summed E-state index contributed by atoms with van der Waals surface area (Å²) in [5, 5.41) is 3.83. The van der Waals surface area contributed by atoms with Crippen molar-refractivity contribution in [2.75, 3.05) is 0 Å². The molecule has 3 aromatic carbocycles. The van der Waals surface area contributed by atoms with Crippen LogP contribution in [-0.2, 0) is 4.79 Å². The highest BCUT2D eigenvalue weighted by Crippen LogP contribution is 2.11. The van der Waals surface area contributed by atoms with E-state index >= 15 is 0 Å². The molecule has 0 heterocycles. The van der Waals surface area contributed by atoms with Crippen LogP contribution in [0.4, 0.5) is 0 Å². The van der Waals surface area contributed by atoms with Gasteiger partial charge in [-0.1, -0.05) is 91.0 Å². The first kappa shape index (κ1) is 14.5. The molecule has 3 rings (SSSR count). The molecule has 0 N–H and O–H groups in total. The molecule has 22 heavy (non-hydrogen) atoms. The first-order chi connectivity index (χ1) is 10.9. The largest absolute Gasteiger partial charge is 0.304 e. The van der Waals surface area contributed by atoms with Gasteiger partial charge in [0.25, 0.3) is 0 Å². The summed E-state index contributed by atoms with van der Waals surface area (Å²) in [6.45, 7) is 0. The van der Waals surface area contributed by atoms with Crippen molar-refractivity contribution in [3.05, 3.63) is 91.0 Å². The molecule has 3 aromatic rings. The maximum absolute atomic E-state index is 11.6. The van der Waals surface area contributed by atoms with Gasteiger partial charge >= 0.3 is 0 Å². The second-order valence-electron chi connectivity index (χ2n) is 5.37. The Labute approximate surface area is 132 Å². The number of hydrogen-bond donors (Lipinski definition) is 0. The third kappa shape index (κ3) is 2.53. The maximum Gasteiger partial charge on any atom is 0.155 e. The average Bonchev–Trinajstić information content (AvgIpc) is 2.62. The third-order valence-corrected chi connectivity index (χ3v) is 8.93. The molecule has 0 aromatic heterocycles. The summed E-state index contributed by atoms with van der Waals surface area (Å²) >= 11 is 0. The van der Waals surface area contributed by atoms with Crippen LogP contribution in [0.2, 0.25) is 6.04 Å². The molecule has 0 saturated carbocycles. The lowest BCUT2D eigenvalue weighted by molar-refractivity contribution is -0.106. The molecule has 0 aliphatic rings. The van der Waals surface area contributed by atoms with Gasteiger partial charge in [-0.2, -0.15) is 0 Å². The Hall–Kier alpha value is -2.45. The van der Waals surface area contributed by atoms with Crippen molar-refractivity contribution >= 4 is 29.9 Å². The van der Waals surface area contributed by atoms with Gasteiger partial charge in [-0.15, -0.1) is 0 Å². The molecule has 0 spiro atoms. The monoisotopic (exact) mass is 302 g/mol. The molecule has 0 atom stereocenters. The third-order valence-electron chi connectivity index (χ3n) is 4.19. The van der Waals surface area contributed by atoms with Gasteiger partial charge < -0.3 is 4.79 Å². The Bertz CT molecular complexity index is 627. The second kappa shape index (κ2) is 6.54. The molecule has 0 fully saturated rings. The van der Waals surface area contributed by atoms with Crippen molar-refractivity contribution in [3.63, 3.8) is 0 Å². The summed E-state index contributed by atoms with van der Waals surface area (Å²) in [6, 6.07) is 32.0. The summed E-state index contributed by atoms with van der Waals surface area (Å²) < 4.78 is 0. The van der Waals surface area contributed by atoms with E-state index in [0.717, 1.165) is 6.29 Å². The quantitative estimate of drug-likeness (QED) is 0.402. The molecule has 0 aliphatic heterocycles. The van der Waals surface area contributed by atoms with E-state index in [9.17, 15) is 4.79 Å². The van der Waals surface area contributed by atoms with Crippen LogP contribution in [0, 0.1) is 0 Å². The minimum atomic E-state index is -2.29. The van der Waals surface area contributed by atoms with Crippen molar-refractivity contribution < 1.29 is 4.79 Å². The Morgan fingerprint density at radius 2 is 0.909 bits per heavy atom. The van der Waals surface area contributed by atoms with Crippen molar-refractivity contribution in [2.24, 2.45) is 0 Å². The van der Waals surface area contributed by atoms with Gasteiger partial charge in [0.15, 0.2) is 8.07 Å². The number of hydrogen-bond acceptors (Lipinski definition) is 1. The number of carbonyl (C=O) groups is 1. The summed E-state index contributed by atoms with van der Waals surface area (Å²) in [5.74, 6) is 0. The topological polar surface area (TPSA) is 17.1 Å². The van der Waals surface area contributed by atoms with E-state index in [-0.39, 0.29) is 0 Å². The summed E-state index contributed by atoms with van der Waals surface area (Å²) in [4.78, 5) is 11.6. The van der Waals surface area contributed by atoms with Gasteiger partial charge in [-0.3, -0.25) is 0 Å². The summed E-state index contributed by atoms with van der Waals surface area (Å²) in [7, 11) is -2.29. The zero-order valence-corrected chi connectivity index (χ0v) is 13.4. The van der Waals surface area contributed by atoms with E-state index in [1.165, 1.54) is 15.6 Å². The van der Waals surface area contributed by atoms with Crippen molar-refractivity contribution in [1.82, 2.24) is 0 Å². The van der Waals surface area contributed by atoms with Crippen molar-refractivity contribution in [1.29, 1.82) is 0 Å². The van der Waals surface area contributed by atoms with Crippen LogP contribution in [0.15, 0.2) is 91.0 Å². The van der Waals surface area contributed by atoms with Gasteiger partial charge in [0.05, 0.1) is 0 Å². The first-order valence-corrected chi connectivity index (χ1v) is 9.69.